The van der Waals surface area contributed by atoms with Gasteiger partial charge in [0.05, 0.1) is 6.61 Å². The molecule has 2 rings (SSSR count). The molecule has 4 nitrogen and oxygen atoms in total. The lowest BCUT2D eigenvalue weighted by Gasteiger charge is -2.21. The van der Waals surface area contributed by atoms with Crippen molar-refractivity contribution in [2.45, 2.75) is 6.54 Å². The molecule has 1 heterocycles. The van der Waals surface area contributed by atoms with Crippen molar-refractivity contribution in [2.24, 2.45) is 0 Å². The number of nitrogens with zero attached hydrogens (tertiary/aromatic N) is 1. The van der Waals surface area contributed by atoms with Gasteiger partial charge in [0.1, 0.15) is 13.2 Å². The molecule has 0 unspecified atom stereocenters. The lowest BCUT2D eigenvalue weighted by molar-refractivity contribution is 0.170. The highest BCUT2D eigenvalue weighted by Gasteiger charge is 2.15. The summed E-state index contributed by atoms with van der Waals surface area (Å²) >= 11 is 3.53. The molecule has 1 N–H and O–H groups in total. The molecular formula is C12H16BrNO3. The average Bonchev–Trinajstić information content (AvgIpc) is 2.30. The number of likely N-dealkylation sites (N-methyl/N-ethyl adjacent to an activating group) is 1. The predicted octanol–water partition coefficient (Wildman–Crippen LogP) is 1.64. The Hall–Kier alpha value is -0.780. The van der Waals surface area contributed by atoms with Crippen LogP contribution in [0.1, 0.15) is 5.56 Å². The van der Waals surface area contributed by atoms with Crippen molar-refractivity contribution in [3.63, 3.8) is 0 Å². The van der Waals surface area contributed by atoms with E-state index in [4.69, 9.17) is 14.6 Å². The molecule has 1 aromatic carbocycles. The summed E-state index contributed by atoms with van der Waals surface area (Å²) in [4.78, 5) is 2.05. The first-order valence-electron chi connectivity index (χ1n) is 5.58. The Morgan fingerprint density at radius 3 is 2.59 bits per heavy atom. The number of hydrogen-bond donors (Lipinski definition) is 1. The van der Waals surface area contributed by atoms with E-state index in [0.29, 0.717) is 19.8 Å². The molecule has 0 fully saturated rings. The van der Waals surface area contributed by atoms with Crippen molar-refractivity contribution in [2.75, 3.05) is 33.4 Å². The predicted molar refractivity (Wildman–Crippen MR) is 68.6 cm³/mol. The lowest BCUT2D eigenvalue weighted by atomic mass is 10.2. The van der Waals surface area contributed by atoms with Crippen LogP contribution in [-0.2, 0) is 6.54 Å². The van der Waals surface area contributed by atoms with Crippen LogP contribution in [0.5, 0.6) is 11.5 Å². The van der Waals surface area contributed by atoms with E-state index in [0.717, 1.165) is 28.1 Å². The number of halogens is 1. The average molecular weight is 302 g/mol. The number of aliphatic hydroxyl groups is 1. The Labute approximate surface area is 109 Å². The van der Waals surface area contributed by atoms with Crippen LogP contribution in [0.15, 0.2) is 16.6 Å². The summed E-state index contributed by atoms with van der Waals surface area (Å²) in [6.07, 6.45) is 0. The summed E-state index contributed by atoms with van der Waals surface area (Å²) in [6, 6.07) is 3.93. The highest BCUT2D eigenvalue weighted by atomic mass is 79.9. The van der Waals surface area contributed by atoms with Gasteiger partial charge in [-0.3, -0.25) is 4.90 Å². The second-order valence-electron chi connectivity index (χ2n) is 4.05. The van der Waals surface area contributed by atoms with E-state index in [9.17, 15) is 0 Å². The van der Waals surface area contributed by atoms with Gasteiger partial charge in [-0.15, -0.1) is 0 Å². The van der Waals surface area contributed by atoms with Crippen molar-refractivity contribution < 1.29 is 14.6 Å². The van der Waals surface area contributed by atoms with Crippen molar-refractivity contribution in [1.29, 1.82) is 0 Å². The van der Waals surface area contributed by atoms with E-state index in [2.05, 4.69) is 20.8 Å². The maximum Gasteiger partial charge on any atom is 0.162 e. The first kappa shape index (κ1) is 12.7. The van der Waals surface area contributed by atoms with Crippen molar-refractivity contribution in [3.05, 3.63) is 22.2 Å². The Morgan fingerprint density at radius 1 is 1.29 bits per heavy atom. The first-order chi connectivity index (χ1) is 8.20. The molecule has 0 aliphatic carbocycles. The Morgan fingerprint density at radius 2 is 1.94 bits per heavy atom. The van der Waals surface area contributed by atoms with Crippen LogP contribution in [0.3, 0.4) is 0 Å². The van der Waals surface area contributed by atoms with Gasteiger partial charge in [-0.1, -0.05) is 15.9 Å². The van der Waals surface area contributed by atoms with Gasteiger partial charge in [0, 0.05) is 17.6 Å². The Bertz CT molecular complexity index is 398. The van der Waals surface area contributed by atoms with Crippen LogP contribution >= 0.6 is 15.9 Å². The summed E-state index contributed by atoms with van der Waals surface area (Å²) in [5, 5.41) is 8.88. The minimum absolute atomic E-state index is 0.165. The molecule has 94 valence electrons. The molecule has 5 heteroatoms. The maximum absolute atomic E-state index is 8.88. The van der Waals surface area contributed by atoms with Gasteiger partial charge in [0.25, 0.3) is 0 Å². The third-order valence-corrected chi connectivity index (χ3v) is 3.37. The summed E-state index contributed by atoms with van der Waals surface area (Å²) in [5.74, 6) is 1.59. The molecule has 0 saturated heterocycles. The van der Waals surface area contributed by atoms with Crippen molar-refractivity contribution in [1.82, 2.24) is 4.90 Å². The van der Waals surface area contributed by atoms with Crippen molar-refractivity contribution >= 4 is 15.9 Å². The highest BCUT2D eigenvalue weighted by molar-refractivity contribution is 9.10. The number of fused-ring (bicyclic) bond motifs is 1. The van der Waals surface area contributed by atoms with Crippen LogP contribution in [-0.4, -0.2) is 43.4 Å². The minimum atomic E-state index is 0.165. The second-order valence-corrected chi connectivity index (χ2v) is 4.90. The molecule has 0 atom stereocenters. The van der Waals surface area contributed by atoms with Gasteiger partial charge in [0.15, 0.2) is 11.5 Å². The number of rotatable bonds is 4. The molecule has 0 saturated carbocycles. The molecular weight excluding hydrogens is 286 g/mol. The zero-order valence-electron chi connectivity index (χ0n) is 9.78. The van der Waals surface area contributed by atoms with Gasteiger partial charge < -0.3 is 14.6 Å². The smallest absolute Gasteiger partial charge is 0.162 e. The van der Waals surface area contributed by atoms with E-state index in [1.807, 2.05) is 19.2 Å². The van der Waals surface area contributed by atoms with Crippen molar-refractivity contribution in [3.8, 4) is 11.5 Å². The fourth-order valence-electron chi connectivity index (χ4n) is 1.77. The molecule has 0 spiro atoms. The van der Waals surface area contributed by atoms with Gasteiger partial charge in [-0.05, 0) is 24.7 Å². The molecule has 0 amide bonds. The summed E-state index contributed by atoms with van der Waals surface area (Å²) in [6.45, 7) is 2.78. The van der Waals surface area contributed by atoms with Crippen LogP contribution < -0.4 is 9.47 Å². The standard InChI is InChI=1S/C12H16BrNO3/c1-14(2-3-15)8-9-6-11-12(7-10(9)13)17-5-4-16-11/h6-7,15H,2-5,8H2,1H3. The van der Waals surface area contributed by atoms with E-state index in [-0.39, 0.29) is 6.61 Å². The molecule has 1 aromatic rings. The molecule has 1 aliphatic heterocycles. The summed E-state index contributed by atoms with van der Waals surface area (Å²) in [7, 11) is 1.97. The van der Waals surface area contributed by atoms with Gasteiger partial charge in [-0.25, -0.2) is 0 Å². The Balaban J connectivity index is 2.16. The zero-order valence-corrected chi connectivity index (χ0v) is 11.4. The topological polar surface area (TPSA) is 41.9 Å². The maximum atomic E-state index is 8.88. The van der Waals surface area contributed by atoms with Crippen LogP contribution in [0.25, 0.3) is 0 Å². The normalized spacial score (nSPS) is 14.1. The van der Waals surface area contributed by atoms with Gasteiger partial charge in [0.2, 0.25) is 0 Å². The second kappa shape index (κ2) is 5.71. The quantitative estimate of drug-likeness (QED) is 0.918. The largest absolute Gasteiger partial charge is 0.486 e. The van der Waals surface area contributed by atoms with E-state index >= 15 is 0 Å². The first-order valence-corrected chi connectivity index (χ1v) is 6.37. The third-order valence-electron chi connectivity index (χ3n) is 2.63. The van der Waals surface area contributed by atoms with E-state index in [1.54, 1.807) is 0 Å². The van der Waals surface area contributed by atoms with E-state index in [1.165, 1.54) is 0 Å². The monoisotopic (exact) mass is 301 g/mol. The molecule has 0 bridgehead atoms. The fraction of sp³-hybridized carbons (Fsp3) is 0.500. The number of ether oxygens (including phenoxy) is 2. The Kier molecular flexibility index (Phi) is 4.25. The molecule has 0 aromatic heterocycles. The number of benzene rings is 1. The van der Waals surface area contributed by atoms with E-state index < -0.39 is 0 Å². The van der Waals surface area contributed by atoms with Crippen LogP contribution in [0.2, 0.25) is 0 Å². The SMILES string of the molecule is CN(CCO)Cc1cc2c(cc1Br)OCCO2. The van der Waals surface area contributed by atoms with Crippen LogP contribution in [0, 0.1) is 0 Å². The third kappa shape index (κ3) is 3.12. The fourth-order valence-corrected chi connectivity index (χ4v) is 2.22. The van der Waals surface area contributed by atoms with Crippen LogP contribution in [0.4, 0.5) is 0 Å². The van der Waals surface area contributed by atoms with Gasteiger partial charge >= 0.3 is 0 Å². The number of hydrogen-bond acceptors (Lipinski definition) is 4. The molecule has 1 aliphatic rings. The summed E-state index contributed by atoms with van der Waals surface area (Å²) < 4.78 is 12.1. The number of aliphatic hydroxyl groups excluding tert-OH is 1. The molecule has 17 heavy (non-hydrogen) atoms. The minimum Gasteiger partial charge on any atom is -0.486 e. The highest BCUT2D eigenvalue weighted by Crippen LogP contribution is 2.35. The lowest BCUT2D eigenvalue weighted by Crippen LogP contribution is -2.22. The zero-order chi connectivity index (χ0) is 12.3. The van der Waals surface area contributed by atoms with Gasteiger partial charge in [-0.2, -0.15) is 0 Å². The molecule has 0 radical (unpaired) electrons. The summed E-state index contributed by atoms with van der Waals surface area (Å²) in [5.41, 5.74) is 1.13.